The number of benzene rings is 1. The molecule has 1 unspecified atom stereocenters. The fourth-order valence-corrected chi connectivity index (χ4v) is 5.35. The molecule has 0 spiro atoms. The predicted octanol–water partition coefficient (Wildman–Crippen LogP) is 5.62. The minimum atomic E-state index is 0.302. The van der Waals surface area contributed by atoms with Gasteiger partial charge in [0.05, 0.1) is 17.7 Å². The summed E-state index contributed by atoms with van der Waals surface area (Å²) in [6, 6.07) is 10.7. The number of nitrogens with one attached hydrogen (secondary N) is 1. The lowest BCUT2D eigenvalue weighted by molar-refractivity contribution is 0.339. The molecule has 0 amide bonds. The van der Waals surface area contributed by atoms with Crippen LogP contribution in [0.5, 0.6) is 0 Å². The lowest BCUT2D eigenvalue weighted by atomic mass is 9.76. The fraction of sp³-hybridized carbons (Fsp3) is 0.385. The molecule has 0 saturated carbocycles. The zero-order chi connectivity index (χ0) is 21.4. The van der Waals surface area contributed by atoms with E-state index in [0.717, 1.165) is 36.8 Å². The van der Waals surface area contributed by atoms with Crippen molar-refractivity contribution in [1.82, 2.24) is 19.9 Å². The smallest absolute Gasteiger partial charge is 0.0951 e. The van der Waals surface area contributed by atoms with Crippen molar-refractivity contribution in [2.24, 2.45) is 5.92 Å². The number of aryl methyl sites for hydroxylation is 2. The molecule has 5 heteroatoms. The number of allylic oxidation sites excluding steroid dienone is 1. The maximum atomic E-state index is 6.52. The van der Waals surface area contributed by atoms with Crippen molar-refractivity contribution in [1.29, 1.82) is 0 Å². The van der Waals surface area contributed by atoms with Crippen LogP contribution in [0.4, 0.5) is 0 Å². The van der Waals surface area contributed by atoms with E-state index in [-0.39, 0.29) is 0 Å². The predicted molar refractivity (Wildman–Crippen MR) is 127 cm³/mol. The van der Waals surface area contributed by atoms with Crippen molar-refractivity contribution < 1.29 is 0 Å². The molecule has 0 bridgehead atoms. The van der Waals surface area contributed by atoms with Gasteiger partial charge in [-0.2, -0.15) is 0 Å². The Hall–Kier alpha value is -2.43. The summed E-state index contributed by atoms with van der Waals surface area (Å²) in [5.74, 6) is 0.887. The Morgan fingerprint density at radius 3 is 2.74 bits per heavy atom. The molecular formula is C26H29ClN4. The Kier molecular flexibility index (Phi) is 5.68. The van der Waals surface area contributed by atoms with Crippen LogP contribution < -0.4 is 5.32 Å². The number of rotatable bonds is 4. The Labute approximate surface area is 189 Å². The molecule has 3 heterocycles. The Morgan fingerprint density at radius 2 is 1.97 bits per heavy atom. The minimum absolute atomic E-state index is 0.302. The molecule has 1 aliphatic heterocycles. The molecular weight excluding hydrogens is 404 g/mol. The third-order valence-corrected chi connectivity index (χ3v) is 7.25. The number of aromatic nitrogens is 3. The summed E-state index contributed by atoms with van der Waals surface area (Å²) < 4.78 is 2.25. The van der Waals surface area contributed by atoms with Gasteiger partial charge in [-0.1, -0.05) is 23.7 Å². The molecule has 0 radical (unpaired) electrons. The van der Waals surface area contributed by atoms with Crippen LogP contribution in [0, 0.1) is 19.8 Å². The molecule has 5 rings (SSSR count). The van der Waals surface area contributed by atoms with Gasteiger partial charge in [-0.3, -0.25) is 4.98 Å². The van der Waals surface area contributed by atoms with Crippen molar-refractivity contribution >= 4 is 23.3 Å². The van der Waals surface area contributed by atoms with Crippen LogP contribution in [0.3, 0.4) is 0 Å². The standard InChI is InChI=1S/C26H29ClN4/c1-17-18(2)31(16-30-17)13-9-20-14-21-4-3-10-29-26(21)25(19-7-11-28-12-8-19)23-6-5-22(27)15-24(20)23/h3-6,10,14-16,19,25,28H,7-9,11-13H2,1-2H3. The molecule has 1 saturated heterocycles. The monoisotopic (exact) mass is 432 g/mol. The van der Waals surface area contributed by atoms with Gasteiger partial charge in [0.2, 0.25) is 0 Å². The molecule has 1 fully saturated rings. The summed E-state index contributed by atoms with van der Waals surface area (Å²) in [5.41, 5.74) is 8.76. The molecule has 1 aromatic carbocycles. The van der Waals surface area contributed by atoms with E-state index in [1.54, 1.807) is 0 Å². The zero-order valence-electron chi connectivity index (χ0n) is 18.2. The highest BCUT2D eigenvalue weighted by atomic mass is 35.5. The van der Waals surface area contributed by atoms with E-state index in [0.29, 0.717) is 11.8 Å². The van der Waals surface area contributed by atoms with Gasteiger partial charge in [0.15, 0.2) is 0 Å². The van der Waals surface area contributed by atoms with Gasteiger partial charge in [-0.05, 0) is 98.7 Å². The number of pyridine rings is 1. The van der Waals surface area contributed by atoms with Crippen molar-refractivity contribution in [2.75, 3.05) is 13.1 Å². The van der Waals surface area contributed by atoms with Crippen molar-refractivity contribution in [2.45, 2.75) is 45.6 Å². The van der Waals surface area contributed by atoms with E-state index < -0.39 is 0 Å². The molecule has 2 aromatic heterocycles. The number of fused-ring (bicyclic) bond motifs is 2. The number of imidazole rings is 1. The van der Waals surface area contributed by atoms with Gasteiger partial charge in [-0.25, -0.2) is 4.98 Å². The molecule has 31 heavy (non-hydrogen) atoms. The lowest BCUT2D eigenvalue weighted by Crippen LogP contribution is -2.32. The highest BCUT2D eigenvalue weighted by Crippen LogP contribution is 2.45. The summed E-state index contributed by atoms with van der Waals surface area (Å²) in [5, 5.41) is 4.31. The summed E-state index contributed by atoms with van der Waals surface area (Å²) in [6.45, 7) is 7.26. The first-order chi connectivity index (χ1) is 15.1. The van der Waals surface area contributed by atoms with Crippen LogP contribution in [0.25, 0.3) is 11.6 Å². The summed E-state index contributed by atoms with van der Waals surface area (Å²) in [7, 11) is 0. The third kappa shape index (κ3) is 3.95. The van der Waals surface area contributed by atoms with E-state index in [4.69, 9.17) is 16.6 Å². The minimum Gasteiger partial charge on any atom is -0.334 e. The van der Waals surface area contributed by atoms with Crippen LogP contribution >= 0.6 is 11.6 Å². The summed E-state index contributed by atoms with van der Waals surface area (Å²) in [6.07, 6.45) is 9.51. The van der Waals surface area contributed by atoms with Gasteiger partial charge in [0, 0.05) is 29.4 Å². The van der Waals surface area contributed by atoms with E-state index in [1.165, 1.54) is 46.5 Å². The Bertz CT molecular complexity index is 1120. The zero-order valence-corrected chi connectivity index (χ0v) is 19.0. The summed E-state index contributed by atoms with van der Waals surface area (Å²) >= 11 is 6.52. The summed E-state index contributed by atoms with van der Waals surface area (Å²) in [4.78, 5) is 9.39. The van der Waals surface area contributed by atoms with Crippen LogP contribution in [0.15, 0.2) is 42.9 Å². The van der Waals surface area contributed by atoms with E-state index in [1.807, 2.05) is 18.6 Å². The van der Waals surface area contributed by atoms with Gasteiger partial charge in [-0.15, -0.1) is 0 Å². The van der Waals surface area contributed by atoms with Crippen LogP contribution in [-0.4, -0.2) is 27.6 Å². The average molecular weight is 433 g/mol. The molecule has 4 nitrogen and oxygen atoms in total. The average Bonchev–Trinajstić information content (AvgIpc) is 3.04. The second-order valence-corrected chi connectivity index (χ2v) is 9.24. The first-order valence-electron chi connectivity index (χ1n) is 11.3. The molecule has 2 aliphatic rings. The highest BCUT2D eigenvalue weighted by Gasteiger charge is 2.32. The quantitative estimate of drug-likeness (QED) is 0.581. The van der Waals surface area contributed by atoms with Gasteiger partial charge < -0.3 is 9.88 Å². The maximum Gasteiger partial charge on any atom is 0.0951 e. The first-order valence-corrected chi connectivity index (χ1v) is 11.6. The van der Waals surface area contributed by atoms with Gasteiger partial charge >= 0.3 is 0 Å². The van der Waals surface area contributed by atoms with Crippen LogP contribution in [-0.2, 0) is 6.54 Å². The largest absolute Gasteiger partial charge is 0.334 e. The van der Waals surface area contributed by atoms with Crippen molar-refractivity contribution in [3.63, 3.8) is 0 Å². The number of hydrogen-bond donors (Lipinski definition) is 1. The molecule has 1 N–H and O–H groups in total. The SMILES string of the molecule is Cc1ncn(CCC2=Cc3cccnc3C(C3CCNCC3)c3ccc(Cl)cc32)c1C. The van der Waals surface area contributed by atoms with Crippen LogP contribution in [0.1, 0.15) is 59.0 Å². The topological polar surface area (TPSA) is 42.7 Å². The van der Waals surface area contributed by atoms with E-state index in [2.05, 4.69) is 59.1 Å². The normalized spacial score (nSPS) is 18.8. The number of nitrogens with zero attached hydrogens (tertiary/aromatic N) is 3. The number of hydrogen-bond acceptors (Lipinski definition) is 3. The van der Waals surface area contributed by atoms with Gasteiger partial charge in [0.1, 0.15) is 0 Å². The second-order valence-electron chi connectivity index (χ2n) is 8.80. The van der Waals surface area contributed by atoms with Crippen molar-refractivity contribution in [3.05, 3.63) is 81.7 Å². The third-order valence-electron chi connectivity index (χ3n) is 7.01. The molecule has 160 valence electrons. The molecule has 1 aliphatic carbocycles. The number of halogens is 1. The Balaban J connectivity index is 1.60. The van der Waals surface area contributed by atoms with Gasteiger partial charge in [0.25, 0.3) is 0 Å². The van der Waals surface area contributed by atoms with E-state index >= 15 is 0 Å². The lowest BCUT2D eigenvalue weighted by Gasteiger charge is -2.32. The maximum absolute atomic E-state index is 6.52. The molecule has 1 atom stereocenters. The second kappa shape index (κ2) is 8.60. The van der Waals surface area contributed by atoms with Crippen LogP contribution in [0.2, 0.25) is 5.02 Å². The fourth-order valence-electron chi connectivity index (χ4n) is 5.17. The highest BCUT2D eigenvalue weighted by molar-refractivity contribution is 6.30. The number of piperidine rings is 1. The first kappa shape index (κ1) is 20.5. The van der Waals surface area contributed by atoms with Crippen molar-refractivity contribution in [3.8, 4) is 0 Å². The molecule has 3 aromatic rings. The van der Waals surface area contributed by atoms with E-state index in [9.17, 15) is 0 Å². The Morgan fingerprint density at radius 1 is 1.13 bits per heavy atom.